The van der Waals surface area contributed by atoms with E-state index in [0.717, 1.165) is 63.0 Å². The van der Waals surface area contributed by atoms with Crippen molar-refractivity contribution in [3.8, 4) is 0 Å². The van der Waals surface area contributed by atoms with E-state index in [0.29, 0.717) is 69.8 Å². The largest absolute Gasteiger partial charge is 0.417 e. The number of hydrogen-bond acceptors (Lipinski definition) is 13. The molecular formula is C75H106ClF3N12O13. The molecule has 0 radical (unpaired) electrons. The Balaban J connectivity index is 1.09. The van der Waals surface area contributed by atoms with Crippen LogP contribution in [0.5, 0.6) is 0 Å². The van der Waals surface area contributed by atoms with E-state index in [-0.39, 0.29) is 81.8 Å². The molecule has 3 unspecified atom stereocenters. The van der Waals surface area contributed by atoms with Crippen molar-refractivity contribution in [2.24, 2.45) is 17.8 Å². The highest BCUT2D eigenvalue weighted by atomic mass is 35.5. The predicted molar refractivity (Wildman–Crippen MR) is 379 cm³/mol. The summed E-state index contributed by atoms with van der Waals surface area (Å²) in [5.41, 5.74) is -0.829. The summed E-state index contributed by atoms with van der Waals surface area (Å²) in [6, 6.07) is 0.747. The number of nitrogens with one attached hydrogen (secondary N) is 3. The van der Waals surface area contributed by atoms with Crippen LogP contribution in [-0.4, -0.2) is 264 Å². The molecule has 2 aromatic carbocycles. The Kier molecular flexibility index (Phi) is 26.7. The van der Waals surface area contributed by atoms with Gasteiger partial charge in [0.2, 0.25) is 70.9 Å². The summed E-state index contributed by atoms with van der Waals surface area (Å²) in [5.74, 6) is -9.17. The van der Waals surface area contributed by atoms with E-state index in [2.05, 4.69) is 16.0 Å². The number of fused-ring (bicyclic) bond motifs is 3. The third-order valence-corrected chi connectivity index (χ3v) is 23.6. The number of ether oxygens (including phenoxy) is 1. The van der Waals surface area contributed by atoms with Crippen LogP contribution < -0.4 is 16.0 Å². The number of aryl methyl sites for hydroxylation is 2. The Labute approximate surface area is 613 Å². The van der Waals surface area contributed by atoms with Crippen molar-refractivity contribution in [2.75, 3.05) is 88.7 Å². The smallest absolute Gasteiger partial charge is 0.377 e. The summed E-state index contributed by atoms with van der Waals surface area (Å²) < 4.78 is 47.6. The molecule has 104 heavy (non-hydrogen) atoms. The zero-order chi connectivity index (χ0) is 75.8. The number of benzene rings is 2. The molecule has 9 rings (SSSR count). The average molecular weight is 1480 g/mol. The fraction of sp³-hybridized carbons (Fsp3) is 0.680. The Morgan fingerprint density at radius 1 is 0.625 bits per heavy atom. The van der Waals surface area contributed by atoms with Crippen molar-refractivity contribution >= 4 is 82.5 Å². The first kappa shape index (κ1) is 80.2. The van der Waals surface area contributed by atoms with Gasteiger partial charge in [-0.3, -0.25) is 57.5 Å². The van der Waals surface area contributed by atoms with Gasteiger partial charge >= 0.3 is 6.18 Å². The maximum Gasteiger partial charge on any atom is 0.417 e. The first-order valence-electron chi connectivity index (χ1n) is 37.1. The Bertz CT molecular complexity index is 3500. The minimum absolute atomic E-state index is 0.0210. The van der Waals surface area contributed by atoms with Crippen LogP contribution in [-0.2, 0) is 81.3 Å². The lowest BCUT2D eigenvalue weighted by Crippen LogP contribution is -2.65. The first-order valence-corrected chi connectivity index (χ1v) is 37.5. The Morgan fingerprint density at radius 2 is 1.23 bits per heavy atom. The number of rotatable bonds is 10. The fourth-order valence-corrected chi connectivity index (χ4v) is 16.7. The second-order valence-electron chi connectivity index (χ2n) is 30.4. The molecule has 2 aromatic rings. The van der Waals surface area contributed by atoms with Crippen LogP contribution in [0.25, 0.3) is 0 Å². The molecule has 572 valence electrons. The van der Waals surface area contributed by atoms with Crippen LogP contribution in [0.15, 0.2) is 42.5 Å². The van der Waals surface area contributed by atoms with Gasteiger partial charge in [-0.2, -0.15) is 13.2 Å². The number of amides is 12. The average Bonchev–Trinajstić information content (AvgIpc) is 1.25. The lowest BCUT2D eigenvalue weighted by atomic mass is 9.78. The summed E-state index contributed by atoms with van der Waals surface area (Å²) in [6.07, 6.45) is 3.05. The minimum atomic E-state index is -4.77. The molecule has 4 saturated heterocycles. The lowest BCUT2D eigenvalue weighted by molar-refractivity contribution is -0.160. The van der Waals surface area contributed by atoms with Crippen LogP contribution in [0, 0.1) is 24.7 Å². The van der Waals surface area contributed by atoms with Crippen molar-refractivity contribution in [3.05, 3.63) is 69.7 Å². The summed E-state index contributed by atoms with van der Waals surface area (Å²) in [6.45, 7) is 4.20. The normalized spacial score (nSPS) is 27.9. The topological polar surface area (TPSA) is 279 Å². The van der Waals surface area contributed by atoms with Gasteiger partial charge in [0.1, 0.15) is 47.8 Å². The molecule has 3 saturated carbocycles. The SMILES string of the molecule is CC[C@H](C)[C@@H]1NC(=O)[C@H](C2CCC2)N(C)C(=O)C[C@@H](C(=O)N2C3CCC2COC3)N(C)C(=O)[C@H](C2CCCCC2)N(C)C(=O)C2(CCCC2)NC(=O)C2CCCN2C(=O)[C@H](CCc2ccc(C(F)(F)F)c(Cl)c2)NC(=O)CN(C)C(=O)[C@H](Cc2ccc(C)cc2)N(C)C(=O)CN(C)C(=O)CN(C)C1=O. The molecule has 0 aromatic heterocycles. The number of hydrogen-bond donors (Lipinski definition) is 3. The molecule has 12 amide bonds. The zero-order valence-corrected chi connectivity index (χ0v) is 62.7. The minimum Gasteiger partial charge on any atom is -0.377 e. The highest BCUT2D eigenvalue weighted by molar-refractivity contribution is 6.31. The van der Waals surface area contributed by atoms with Crippen LogP contribution in [0.3, 0.4) is 0 Å². The van der Waals surface area contributed by atoms with E-state index in [9.17, 15) is 37.1 Å². The predicted octanol–water partition coefficient (Wildman–Crippen LogP) is 5.14. The molecule has 3 aliphatic carbocycles. The van der Waals surface area contributed by atoms with Crippen molar-refractivity contribution in [1.29, 1.82) is 0 Å². The van der Waals surface area contributed by atoms with Crippen LogP contribution >= 0.6 is 11.6 Å². The molecule has 29 heteroatoms. The zero-order valence-electron chi connectivity index (χ0n) is 61.9. The summed E-state index contributed by atoms with van der Waals surface area (Å²) >= 11 is 6.17. The summed E-state index contributed by atoms with van der Waals surface area (Å²) in [5, 5.41) is 8.21. The van der Waals surface area contributed by atoms with Gasteiger partial charge in [-0.05, 0) is 125 Å². The fourth-order valence-electron chi connectivity index (χ4n) is 16.4. The second-order valence-corrected chi connectivity index (χ2v) is 30.8. The Hall–Kier alpha value is -7.88. The van der Waals surface area contributed by atoms with Gasteiger partial charge in [0.15, 0.2) is 0 Å². The first-order chi connectivity index (χ1) is 49.2. The van der Waals surface area contributed by atoms with E-state index >= 15 is 33.6 Å². The van der Waals surface area contributed by atoms with Crippen molar-refractivity contribution in [2.45, 2.75) is 222 Å². The molecule has 7 fully saturated rings. The number of alkyl halides is 3. The molecule has 3 N–H and O–H groups in total. The third-order valence-electron chi connectivity index (χ3n) is 23.3. The molecule has 7 aliphatic rings. The van der Waals surface area contributed by atoms with Crippen LogP contribution in [0.4, 0.5) is 13.2 Å². The van der Waals surface area contributed by atoms with Gasteiger partial charge < -0.3 is 64.8 Å². The summed E-state index contributed by atoms with van der Waals surface area (Å²) in [7, 11) is 9.93. The Morgan fingerprint density at radius 3 is 1.84 bits per heavy atom. The van der Waals surface area contributed by atoms with Crippen molar-refractivity contribution < 1.29 is 75.4 Å². The third kappa shape index (κ3) is 18.3. The van der Waals surface area contributed by atoms with Gasteiger partial charge in [-0.15, -0.1) is 0 Å². The maximum absolute atomic E-state index is 16.0. The number of nitrogens with zero attached hydrogens (tertiary/aromatic N) is 9. The standard InChI is InChI=1S/C75H106ClF3N12O13/c1-11-46(3)63-71(101)85(6)41-61(94)83(4)42-62(95)86(7)57(38-48-26-24-45(2)25-27-48)69(99)84(5)40-59(92)80-55(33-29-47-28-32-53(54(76)37-47)75(77,78)79)68(98)90-36-18-23-56(90)66(96)82-74(34-15-16-35-74)73(103)89(10)65(50-19-13-12-14-20-50)72(102)87(8)58(70(100)91-51-30-31-52(91)44-104-43-51)39-60(93)88(9)64(67(97)81-63)49-21-17-22-49/h24-28,32,37,46,49-52,55-58,63-65H,11-23,29-31,33-36,38-44H2,1-10H3,(H,80,92)(H,81,97)(H,82,96)/t46-,51?,52?,55-,56?,57-,58-,63-,64-,65-/m0/s1. The molecule has 4 aliphatic heterocycles. The van der Waals surface area contributed by atoms with Gasteiger partial charge in [-0.25, -0.2) is 0 Å². The van der Waals surface area contributed by atoms with Gasteiger partial charge in [0, 0.05) is 62.3 Å². The van der Waals surface area contributed by atoms with Gasteiger partial charge in [0.25, 0.3) is 0 Å². The van der Waals surface area contributed by atoms with Crippen LogP contribution in [0.2, 0.25) is 5.02 Å². The summed E-state index contributed by atoms with van der Waals surface area (Å²) in [4.78, 5) is 193. The number of morpholine rings is 1. The van der Waals surface area contributed by atoms with E-state index in [1.165, 1.54) is 75.0 Å². The molecule has 10 atom stereocenters. The highest BCUT2D eigenvalue weighted by Gasteiger charge is 2.53. The number of halogens is 4. The number of carbonyl (C=O) groups excluding carboxylic acids is 12. The molecule has 1 spiro atoms. The van der Waals surface area contributed by atoms with E-state index in [1.54, 1.807) is 24.0 Å². The van der Waals surface area contributed by atoms with Gasteiger partial charge in [0.05, 0.1) is 61.9 Å². The lowest BCUT2D eigenvalue weighted by Gasteiger charge is -2.44. The molecular weight excluding hydrogens is 1370 g/mol. The van der Waals surface area contributed by atoms with E-state index < -0.39 is 173 Å². The molecule has 2 bridgehead atoms. The van der Waals surface area contributed by atoms with Crippen molar-refractivity contribution in [1.82, 2.24) is 60.0 Å². The quantitative estimate of drug-likeness (QED) is 0.278. The molecule has 4 heterocycles. The highest BCUT2D eigenvalue weighted by Crippen LogP contribution is 2.40. The van der Waals surface area contributed by atoms with E-state index in [1.807, 2.05) is 26.0 Å². The van der Waals surface area contributed by atoms with Gasteiger partial charge in [-0.1, -0.05) is 106 Å². The maximum atomic E-state index is 16.0. The number of carbonyl (C=O) groups is 12. The van der Waals surface area contributed by atoms with E-state index in [4.69, 9.17) is 16.3 Å². The second kappa shape index (κ2) is 34.6. The number of likely N-dealkylation sites (N-methyl/N-ethyl adjacent to an activating group) is 7. The molecule has 25 nitrogen and oxygen atoms in total. The van der Waals surface area contributed by atoms with Crippen molar-refractivity contribution in [3.63, 3.8) is 0 Å². The van der Waals surface area contributed by atoms with Crippen LogP contribution in [0.1, 0.15) is 158 Å². The monoisotopic (exact) mass is 1470 g/mol.